The molecule has 5 heteroatoms. The third kappa shape index (κ3) is 4.00. The molecule has 2 unspecified atom stereocenters. The van der Waals surface area contributed by atoms with E-state index in [1.54, 1.807) is 24.3 Å². The van der Waals surface area contributed by atoms with Crippen LogP contribution in [-0.4, -0.2) is 28.1 Å². The summed E-state index contributed by atoms with van der Waals surface area (Å²) in [6, 6.07) is 6.81. The van der Waals surface area contributed by atoms with Gasteiger partial charge in [0.05, 0.1) is 6.10 Å². The van der Waals surface area contributed by atoms with Crippen LogP contribution in [0.4, 0.5) is 5.69 Å². The second-order valence-electron chi connectivity index (χ2n) is 3.76. The average Bonchev–Trinajstić information content (AvgIpc) is 2.28. The molecule has 0 radical (unpaired) electrons. The number of para-hydroxylation sites is 1. The maximum Gasteiger partial charge on any atom is 0.221 e. The molecule has 3 N–H and O–H groups in total. The van der Waals surface area contributed by atoms with Gasteiger partial charge in [-0.15, -0.1) is 11.6 Å². The predicted octanol–water partition coefficient (Wildman–Crippen LogP) is 1.67. The Bertz CT molecular complexity index is 384. The Balaban J connectivity index is 2.91. The van der Waals surface area contributed by atoms with Crippen LogP contribution in [0.2, 0.25) is 0 Å². The topological polar surface area (TPSA) is 69.6 Å². The molecule has 1 aromatic rings. The van der Waals surface area contributed by atoms with Crippen molar-refractivity contribution in [1.29, 1.82) is 0 Å². The van der Waals surface area contributed by atoms with Gasteiger partial charge in [-0.25, -0.2) is 0 Å². The minimum Gasteiger partial charge on any atom is -0.390 e. The number of carbonyl (C=O) groups is 1. The third-order valence-electron chi connectivity index (χ3n) is 2.36. The molecule has 1 aromatic carbocycles. The summed E-state index contributed by atoms with van der Waals surface area (Å²) >= 11 is 5.51. The zero-order valence-corrected chi connectivity index (χ0v) is 10.3. The normalized spacial score (nSPS) is 14.1. The van der Waals surface area contributed by atoms with Crippen LogP contribution in [0, 0.1) is 0 Å². The summed E-state index contributed by atoms with van der Waals surface area (Å²) in [6.45, 7) is 1.39. The Morgan fingerprint density at radius 3 is 2.65 bits per heavy atom. The number of aliphatic hydroxyl groups excluding tert-OH is 2. The molecular formula is C12H16ClNO3. The highest BCUT2D eigenvalue weighted by atomic mass is 35.5. The number of anilines is 1. The van der Waals surface area contributed by atoms with Crippen molar-refractivity contribution in [2.75, 3.05) is 11.2 Å². The molecule has 4 nitrogen and oxygen atoms in total. The van der Waals surface area contributed by atoms with Gasteiger partial charge in [-0.05, 0) is 12.5 Å². The molecule has 0 aliphatic heterocycles. The first-order chi connectivity index (χ1) is 8.06. The van der Waals surface area contributed by atoms with E-state index in [1.165, 1.54) is 6.92 Å². The monoisotopic (exact) mass is 257 g/mol. The molecule has 0 heterocycles. The Hall–Kier alpha value is -1.10. The fourth-order valence-corrected chi connectivity index (χ4v) is 1.76. The number of carbonyl (C=O) groups excluding carboxylic acids is 1. The van der Waals surface area contributed by atoms with Crippen LogP contribution in [0.5, 0.6) is 0 Å². The molecule has 0 bridgehead atoms. The van der Waals surface area contributed by atoms with Gasteiger partial charge in [-0.2, -0.15) is 0 Å². The molecule has 0 aliphatic carbocycles. The van der Waals surface area contributed by atoms with Crippen LogP contribution in [-0.2, 0) is 4.79 Å². The summed E-state index contributed by atoms with van der Waals surface area (Å²) in [4.78, 5) is 11.0. The predicted molar refractivity (Wildman–Crippen MR) is 67.0 cm³/mol. The lowest BCUT2D eigenvalue weighted by atomic mass is 10.0. The first-order valence-electron chi connectivity index (χ1n) is 5.35. The molecule has 1 amide bonds. The van der Waals surface area contributed by atoms with E-state index < -0.39 is 12.2 Å². The van der Waals surface area contributed by atoms with Crippen molar-refractivity contribution in [3.05, 3.63) is 29.8 Å². The van der Waals surface area contributed by atoms with Crippen LogP contribution >= 0.6 is 11.6 Å². The molecule has 0 saturated carbocycles. The van der Waals surface area contributed by atoms with Crippen molar-refractivity contribution >= 4 is 23.2 Å². The van der Waals surface area contributed by atoms with Gasteiger partial charge in [-0.1, -0.05) is 18.2 Å². The molecule has 0 aromatic heterocycles. The van der Waals surface area contributed by atoms with Crippen LogP contribution in [0.1, 0.15) is 25.0 Å². The van der Waals surface area contributed by atoms with E-state index in [0.29, 0.717) is 11.3 Å². The molecule has 1 rings (SSSR count). The summed E-state index contributed by atoms with van der Waals surface area (Å²) in [7, 11) is 0. The Labute approximate surface area is 105 Å². The number of hydrogen-bond acceptors (Lipinski definition) is 3. The number of benzene rings is 1. The van der Waals surface area contributed by atoms with Crippen molar-refractivity contribution in [3.8, 4) is 0 Å². The molecule has 94 valence electrons. The number of hydrogen-bond donors (Lipinski definition) is 3. The molecule has 17 heavy (non-hydrogen) atoms. The smallest absolute Gasteiger partial charge is 0.221 e. The van der Waals surface area contributed by atoms with Crippen LogP contribution < -0.4 is 5.32 Å². The minimum atomic E-state index is -1.06. The van der Waals surface area contributed by atoms with Gasteiger partial charge in [0.2, 0.25) is 5.91 Å². The molecular weight excluding hydrogens is 242 g/mol. The maximum atomic E-state index is 11.0. The fourth-order valence-electron chi connectivity index (χ4n) is 1.54. The average molecular weight is 258 g/mol. The van der Waals surface area contributed by atoms with Crippen molar-refractivity contribution in [3.63, 3.8) is 0 Å². The molecule has 0 saturated heterocycles. The van der Waals surface area contributed by atoms with E-state index in [-0.39, 0.29) is 18.2 Å². The van der Waals surface area contributed by atoms with Gasteiger partial charge >= 0.3 is 0 Å². The number of halogens is 1. The first-order valence-corrected chi connectivity index (χ1v) is 5.88. The SMILES string of the molecule is CC(=O)Nc1ccccc1C(O)C(O)CCCl. The van der Waals surface area contributed by atoms with Gasteiger partial charge < -0.3 is 15.5 Å². The number of nitrogens with one attached hydrogen (secondary N) is 1. The van der Waals surface area contributed by atoms with Crippen LogP contribution in [0.3, 0.4) is 0 Å². The lowest BCUT2D eigenvalue weighted by Gasteiger charge is -2.20. The van der Waals surface area contributed by atoms with E-state index in [2.05, 4.69) is 5.32 Å². The van der Waals surface area contributed by atoms with Gasteiger partial charge in [0.15, 0.2) is 0 Å². The largest absolute Gasteiger partial charge is 0.390 e. The summed E-state index contributed by atoms with van der Waals surface area (Å²) in [5.74, 6) is 0.0389. The fraction of sp³-hybridized carbons (Fsp3) is 0.417. The lowest BCUT2D eigenvalue weighted by Crippen LogP contribution is -2.20. The zero-order valence-electron chi connectivity index (χ0n) is 9.56. The van der Waals surface area contributed by atoms with E-state index >= 15 is 0 Å². The van der Waals surface area contributed by atoms with Gasteiger partial charge in [-0.3, -0.25) is 4.79 Å². The number of aliphatic hydroxyl groups is 2. The van der Waals surface area contributed by atoms with Gasteiger partial charge in [0.1, 0.15) is 6.10 Å². The van der Waals surface area contributed by atoms with Crippen molar-refractivity contribution < 1.29 is 15.0 Å². The summed E-state index contributed by atoms with van der Waals surface area (Å²) in [5, 5.41) is 22.2. The molecule has 0 aliphatic rings. The Morgan fingerprint density at radius 2 is 2.06 bits per heavy atom. The van der Waals surface area contributed by atoms with E-state index in [1.807, 2.05) is 0 Å². The standard InChI is InChI=1S/C12H16ClNO3/c1-8(15)14-10-5-3-2-4-9(10)12(17)11(16)6-7-13/h2-5,11-12,16-17H,6-7H2,1H3,(H,14,15). The van der Waals surface area contributed by atoms with Crippen molar-refractivity contribution in [2.45, 2.75) is 25.6 Å². The van der Waals surface area contributed by atoms with Gasteiger partial charge in [0, 0.05) is 24.1 Å². The Morgan fingerprint density at radius 1 is 1.41 bits per heavy atom. The number of alkyl halides is 1. The molecule has 0 fully saturated rings. The lowest BCUT2D eigenvalue weighted by molar-refractivity contribution is -0.114. The van der Waals surface area contributed by atoms with Crippen LogP contribution in [0.25, 0.3) is 0 Å². The second-order valence-corrected chi connectivity index (χ2v) is 4.14. The highest BCUT2D eigenvalue weighted by Crippen LogP contribution is 2.26. The molecule has 0 spiro atoms. The van der Waals surface area contributed by atoms with Crippen molar-refractivity contribution in [1.82, 2.24) is 0 Å². The Kier molecular flexibility index (Phi) is 5.41. The first kappa shape index (κ1) is 14.0. The second kappa shape index (κ2) is 6.59. The zero-order chi connectivity index (χ0) is 12.8. The third-order valence-corrected chi connectivity index (χ3v) is 2.58. The van der Waals surface area contributed by atoms with Crippen molar-refractivity contribution in [2.24, 2.45) is 0 Å². The van der Waals surface area contributed by atoms with E-state index in [4.69, 9.17) is 11.6 Å². The summed E-state index contributed by atoms with van der Waals surface area (Å²) < 4.78 is 0. The van der Waals surface area contributed by atoms with E-state index in [9.17, 15) is 15.0 Å². The minimum absolute atomic E-state index is 0.225. The highest BCUT2D eigenvalue weighted by Gasteiger charge is 2.20. The maximum absolute atomic E-state index is 11.0. The van der Waals surface area contributed by atoms with Gasteiger partial charge in [0.25, 0.3) is 0 Å². The molecule has 2 atom stereocenters. The quantitative estimate of drug-likeness (QED) is 0.703. The number of amides is 1. The highest BCUT2D eigenvalue weighted by molar-refractivity contribution is 6.17. The van der Waals surface area contributed by atoms with E-state index in [0.717, 1.165) is 0 Å². The van der Waals surface area contributed by atoms with Crippen LogP contribution in [0.15, 0.2) is 24.3 Å². The summed E-state index contributed by atoms with van der Waals surface area (Å²) in [5.41, 5.74) is 0.987. The number of rotatable bonds is 5. The summed E-state index contributed by atoms with van der Waals surface area (Å²) in [6.07, 6.45) is -1.71.